The van der Waals surface area contributed by atoms with Crippen LogP contribution in [0.2, 0.25) is 0 Å². The van der Waals surface area contributed by atoms with Crippen LogP contribution >= 0.6 is 11.8 Å². The van der Waals surface area contributed by atoms with E-state index in [1.54, 1.807) is 18.7 Å². The Labute approximate surface area is 94.9 Å². The van der Waals surface area contributed by atoms with Crippen LogP contribution in [-0.2, 0) is 9.53 Å². The molecule has 15 heavy (non-hydrogen) atoms. The number of hydrogen-bond donors (Lipinski definition) is 1. The van der Waals surface area contributed by atoms with Gasteiger partial charge in [-0.15, -0.1) is 0 Å². The molecular formula is C10H18N2O2S. The Kier molecular flexibility index (Phi) is 4.94. The van der Waals surface area contributed by atoms with Gasteiger partial charge < -0.3 is 10.1 Å². The summed E-state index contributed by atoms with van der Waals surface area (Å²) in [5, 5.41) is 4.66. The van der Waals surface area contributed by atoms with E-state index in [0.717, 1.165) is 11.6 Å². The first-order chi connectivity index (χ1) is 7.11. The van der Waals surface area contributed by atoms with E-state index in [4.69, 9.17) is 4.74 Å². The van der Waals surface area contributed by atoms with Gasteiger partial charge in [0, 0.05) is 11.3 Å². The highest BCUT2D eigenvalue weighted by molar-refractivity contribution is 8.14. The molecule has 0 aromatic carbocycles. The van der Waals surface area contributed by atoms with E-state index < -0.39 is 0 Å². The van der Waals surface area contributed by atoms with Gasteiger partial charge in [0.2, 0.25) is 0 Å². The van der Waals surface area contributed by atoms with Crippen LogP contribution < -0.4 is 5.32 Å². The molecule has 2 atom stereocenters. The molecule has 4 nitrogen and oxygen atoms in total. The Bertz CT molecular complexity index is 244. The lowest BCUT2D eigenvalue weighted by atomic mass is 10.2. The molecule has 0 aliphatic carbocycles. The summed E-state index contributed by atoms with van der Waals surface area (Å²) in [7, 11) is 0. The first-order valence-corrected chi connectivity index (χ1v) is 6.13. The van der Waals surface area contributed by atoms with Crippen molar-refractivity contribution >= 4 is 22.9 Å². The van der Waals surface area contributed by atoms with E-state index in [-0.39, 0.29) is 12.5 Å². The molecule has 0 aromatic rings. The smallest absolute Gasteiger partial charge is 0.327 e. The lowest BCUT2D eigenvalue weighted by molar-refractivity contribution is -0.141. The zero-order chi connectivity index (χ0) is 11.3. The third kappa shape index (κ3) is 4.55. The maximum absolute atomic E-state index is 11.1. The minimum Gasteiger partial charge on any atom is -0.465 e. The van der Waals surface area contributed by atoms with Crippen molar-refractivity contribution in [3.63, 3.8) is 0 Å². The molecular weight excluding hydrogens is 212 g/mol. The first kappa shape index (κ1) is 12.4. The fraction of sp³-hybridized carbons (Fsp3) is 0.800. The number of ether oxygens (including phenoxy) is 1. The molecule has 1 fully saturated rings. The maximum Gasteiger partial charge on any atom is 0.327 e. The molecule has 2 unspecified atom stereocenters. The molecule has 86 valence electrons. The van der Waals surface area contributed by atoms with Crippen molar-refractivity contribution in [2.45, 2.75) is 38.5 Å². The summed E-state index contributed by atoms with van der Waals surface area (Å²) < 4.78 is 4.80. The van der Waals surface area contributed by atoms with Gasteiger partial charge in [0.15, 0.2) is 5.17 Å². The summed E-state index contributed by atoms with van der Waals surface area (Å²) in [6.45, 7) is 6.61. The number of aliphatic imine (C=N–C) groups is 1. The lowest BCUT2D eigenvalue weighted by Gasteiger charge is -2.26. The molecule has 0 spiro atoms. The van der Waals surface area contributed by atoms with E-state index in [1.807, 2.05) is 0 Å². The molecule has 1 saturated heterocycles. The third-order valence-corrected chi connectivity index (χ3v) is 3.09. The number of thioether (sulfide) groups is 1. The Hall–Kier alpha value is -0.710. The molecule has 1 N–H and O–H groups in total. The third-order valence-electron chi connectivity index (χ3n) is 2.03. The Morgan fingerprint density at radius 3 is 3.00 bits per heavy atom. The van der Waals surface area contributed by atoms with Gasteiger partial charge in [0.1, 0.15) is 6.54 Å². The standard InChI is InChI=1S/C10H18N2O2S/c1-4-14-9(13)6-11-10-12-7(2)5-8(3)15-10/h7-8H,4-6H2,1-3H3,(H,11,12). The number of amidine groups is 1. The largest absolute Gasteiger partial charge is 0.465 e. The van der Waals surface area contributed by atoms with Gasteiger partial charge in [0.25, 0.3) is 0 Å². The van der Waals surface area contributed by atoms with E-state index in [9.17, 15) is 4.79 Å². The highest BCUT2D eigenvalue weighted by atomic mass is 32.2. The van der Waals surface area contributed by atoms with Gasteiger partial charge in [-0.2, -0.15) is 0 Å². The predicted octanol–water partition coefficient (Wildman–Crippen LogP) is 1.41. The normalized spacial score (nSPS) is 28.6. The van der Waals surface area contributed by atoms with Gasteiger partial charge >= 0.3 is 5.97 Å². The van der Waals surface area contributed by atoms with Crippen LogP contribution in [0.5, 0.6) is 0 Å². The number of rotatable bonds is 3. The number of nitrogens with zero attached hydrogens (tertiary/aromatic N) is 1. The Morgan fingerprint density at radius 1 is 1.67 bits per heavy atom. The maximum atomic E-state index is 11.1. The molecule has 0 radical (unpaired) electrons. The number of hydrogen-bond acceptors (Lipinski definition) is 4. The summed E-state index contributed by atoms with van der Waals surface area (Å²) in [6.07, 6.45) is 1.13. The molecule has 0 bridgehead atoms. The van der Waals surface area contributed by atoms with Crippen molar-refractivity contribution in [2.24, 2.45) is 4.99 Å². The molecule has 1 aliphatic rings. The van der Waals surface area contributed by atoms with Gasteiger partial charge in [-0.1, -0.05) is 18.7 Å². The molecule has 0 aromatic heterocycles. The number of esters is 1. The molecule has 1 heterocycles. The second kappa shape index (κ2) is 6.00. The van der Waals surface area contributed by atoms with Crippen LogP contribution in [0.25, 0.3) is 0 Å². The summed E-state index contributed by atoms with van der Waals surface area (Å²) in [5.74, 6) is -0.265. The predicted molar refractivity (Wildman–Crippen MR) is 63.2 cm³/mol. The van der Waals surface area contributed by atoms with Crippen molar-refractivity contribution in [1.82, 2.24) is 5.32 Å². The zero-order valence-corrected chi connectivity index (χ0v) is 10.3. The van der Waals surface area contributed by atoms with Crippen molar-refractivity contribution in [1.29, 1.82) is 0 Å². The monoisotopic (exact) mass is 230 g/mol. The lowest BCUT2D eigenvalue weighted by Crippen LogP contribution is -2.38. The van der Waals surface area contributed by atoms with Crippen LogP contribution in [0.3, 0.4) is 0 Å². The van der Waals surface area contributed by atoms with Crippen molar-refractivity contribution in [2.75, 3.05) is 13.2 Å². The van der Waals surface area contributed by atoms with Crippen LogP contribution in [0.15, 0.2) is 4.99 Å². The highest BCUT2D eigenvalue weighted by Gasteiger charge is 2.19. The second-order valence-electron chi connectivity index (χ2n) is 3.64. The minimum atomic E-state index is -0.265. The SMILES string of the molecule is CCOC(=O)CN=C1NC(C)CC(C)S1. The zero-order valence-electron chi connectivity index (χ0n) is 9.45. The van der Waals surface area contributed by atoms with Gasteiger partial charge in [-0.05, 0) is 20.3 Å². The Morgan fingerprint density at radius 2 is 2.40 bits per heavy atom. The quantitative estimate of drug-likeness (QED) is 0.745. The van der Waals surface area contributed by atoms with Crippen molar-refractivity contribution < 1.29 is 9.53 Å². The number of carbonyl (C=O) groups is 1. The van der Waals surface area contributed by atoms with E-state index in [1.165, 1.54) is 0 Å². The van der Waals surface area contributed by atoms with Crippen LogP contribution in [-0.4, -0.2) is 35.6 Å². The van der Waals surface area contributed by atoms with Gasteiger partial charge in [-0.25, -0.2) is 0 Å². The second-order valence-corrected chi connectivity index (χ2v) is 5.06. The van der Waals surface area contributed by atoms with Crippen LogP contribution in [0, 0.1) is 0 Å². The average molecular weight is 230 g/mol. The number of nitrogens with one attached hydrogen (secondary N) is 1. The summed E-state index contributed by atoms with van der Waals surface area (Å²) in [5.41, 5.74) is 0. The number of carbonyl (C=O) groups excluding carboxylic acids is 1. The molecule has 1 rings (SSSR count). The Balaban J connectivity index is 2.41. The van der Waals surface area contributed by atoms with E-state index in [0.29, 0.717) is 17.9 Å². The summed E-state index contributed by atoms with van der Waals surface area (Å²) in [6, 6.07) is 0.433. The summed E-state index contributed by atoms with van der Waals surface area (Å²) >= 11 is 1.68. The van der Waals surface area contributed by atoms with E-state index in [2.05, 4.69) is 24.2 Å². The van der Waals surface area contributed by atoms with Crippen molar-refractivity contribution in [3.05, 3.63) is 0 Å². The first-order valence-electron chi connectivity index (χ1n) is 5.25. The van der Waals surface area contributed by atoms with Gasteiger partial charge in [-0.3, -0.25) is 9.79 Å². The molecule has 1 aliphatic heterocycles. The highest BCUT2D eigenvalue weighted by Crippen LogP contribution is 2.21. The summed E-state index contributed by atoms with van der Waals surface area (Å²) in [4.78, 5) is 15.3. The van der Waals surface area contributed by atoms with Crippen molar-refractivity contribution in [3.8, 4) is 0 Å². The minimum absolute atomic E-state index is 0.114. The molecule has 0 saturated carbocycles. The van der Waals surface area contributed by atoms with Crippen LogP contribution in [0.4, 0.5) is 0 Å². The van der Waals surface area contributed by atoms with E-state index >= 15 is 0 Å². The fourth-order valence-electron chi connectivity index (χ4n) is 1.47. The average Bonchev–Trinajstić information content (AvgIpc) is 2.14. The molecule has 0 amide bonds. The van der Waals surface area contributed by atoms with Crippen LogP contribution in [0.1, 0.15) is 27.2 Å². The fourth-order valence-corrected chi connectivity index (χ4v) is 2.64. The molecule has 5 heteroatoms. The van der Waals surface area contributed by atoms with Gasteiger partial charge in [0.05, 0.1) is 6.61 Å². The topological polar surface area (TPSA) is 50.7 Å².